The fourth-order valence-corrected chi connectivity index (χ4v) is 2.53. The highest BCUT2D eigenvalue weighted by Gasteiger charge is 2.08. The Morgan fingerprint density at radius 2 is 1.81 bits per heavy atom. The number of anilines is 1. The molecule has 0 amide bonds. The van der Waals surface area contributed by atoms with Gasteiger partial charge < -0.3 is 9.84 Å². The smallest absolute Gasteiger partial charge is 0.337 e. The Hall–Kier alpha value is -3.31. The van der Waals surface area contributed by atoms with Gasteiger partial charge in [-0.2, -0.15) is 5.10 Å². The molecule has 3 aromatic carbocycles. The van der Waals surface area contributed by atoms with Crippen molar-refractivity contribution < 1.29 is 14.6 Å². The van der Waals surface area contributed by atoms with Gasteiger partial charge >= 0.3 is 5.97 Å². The van der Waals surface area contributed by atoms with E-state index in [1.807, 2.05) is 54.6 Å². The Balaban J connectivity index is 1.56. The molecule has 0 unspecified atom stereocenters. The highest BCUT2D eigenvalue weighted by molar-refractivity contribution is 6.33. The third-order valence-corrected chi connectivity index (χ3v) is 4.06. The zero-order valence-electron chi connectivity index (χ0n) is 14.3. The van der Waals surface area contributed by atoms with E-state index < -0.39 is 5.97 Å². The third-order valence-electron chi connectivity index (χ3n) is 3.73. The Bertz CT molecular complexity index is 941. The first-order valence-electron chi connectivity index (χ1n) is 8.20. The van der Waals surface area contributed by atoms with Gasteiger partial charge in [0.2, 0.25) is 0 Å². The van der Waals surface area contributed by atoms with Crippen LogP contribution in [0.15, 0.2) is 77.9 Å². The number of nitrogens with one attached hydrogen (secondary N) is 1. The molecule has 0 saturated carbocycles. The number of carbonyl (C=O) groups is 1. The summed E-state index contributed by atoms with van der Waals surface area (Å²) in [6.07, 6.45) is 1.63. The van der Waals surface area contributed by atoms with Gasteiger partial charge in [0, 0.05) is 0 Å². The molecule has 0 saturated heterocycles. The summed E-state index contributed by atoms with van der Waals surface area (Å²) in [5.74, 6) is -0.313. The molecular formula is C21H17ClN2O3. The van der Waals surface area contributed by atoms with Crippen LogP contribution in [0.1, 0.15) is 21.5 Å². The van der Waals surface area contributed by atoms with Gasteiger partial charge in [0.1, 0.15) is 12.4 Å². The molecule has 0 fully saturated rings. The molecule has 0 bridgehead atoms. The van der Waals surface area contributed by atoms with Gasteiger partial charge in [-0.15, -0.1) is 0 Å². The van der Waals surface area contributed by atoms with Crippen LogP contribution in [0, 0.1) is 0 Å². The molecule has 2 N–H and O–H groups in total. The lowest BCUT2D eigenvalue weighted by Gasteiger charge is -2.06. The Morgan fingerprint density at radius 3 is 2.52 bits per heavy atom. The highest BCUT2D eigenvalue weighted by Crippen LogP contribution is 2.20. The molecule has 0 aliphatic rings. The molecule has 136 valence electrons. The van der Waals surface area contributed by atoms with Crippen molar-refractivity contribution in [3.05, 3.63) is 94.5 Å². The summed E-state index contributed by atoms with van der Waals surface area (Å²) < 4.78 is 5.74. The predicted octanol–water partition coefficient (Wildman–Crippen LogP) is 5.06. The molecule has 27 heavy (non-hydrogen) atoms. The molecule has 3 aromatic rings. The van der Waals surface area contributed by atoms with Gasteiger partial charge in [-0.05, 0) is 53.6 Å². The summed E-state index contributed by atoms with van der Waals surface area (Å²) in [4.78, 5) is 11.1. The lowest BCUT2D eigenvalue weighted by Crippen LogP contribution is -1.99. The van der Waals surface area contributed by atoms with Crippen LogP contribution in [0.4, 0.5) is 5.69 Å². The number of aromatic carboxylic acids is 1. The zero-order valence-corrected chi connectivity index (χ0v) is 15.1. The number of ether oxygens (including phenoxy) is 1. The SMILES string of the molecule is O=C(O)c1cc(N/N=C\c2ccc(OCc3ccccc3)cc2)ccc1Cl. The van der Waals surface area contributed by atoms with Gasteiger partial charge in [0.25, 0.3) is 0 Å². The number of nitrogens with zero attached hydrogens (tertiary/aromatic N) is 1. The number of carboxylic acid groups (broad SMARTS) is 1. The van der Waals surface area contributed by atoms with Crippen molar-refractivity contribution in [2.45, 2.75) is 6.61 Å². The number of carboxylic acids is 1. The van der Waals surface area contributed by atoms with Crippen LogP contribution in [0.2, 0.25) is 5.02 Å². The van der Waals surface area contributed by atoms with Crippen molar-refractivity contribution in [1.29, 1.82) is 0 Å². The molecule has 0 aliphatic carbocycles. The van der Waals surface area contributed by atoms with Gasteiger partial charge in [-0.25, -0.2) is 4.79 Å². The van der Waals surface area contributed by atoms with E-state index in [2.05, 4.69) is 10.5 Å². The second-order valence-corrected chi connectivity index (χ2v) is 6.12. The molecule has 5 nitrogen and oxygen atoms in total. The summed E-state index contributed by atoms with van der Waals surface area (Å²) >= 11 is 5.84. The zero-order chi connectivity index (χ0) is 19.1. The van der Waals surface area contributed by atoms with Gasteiger partial charge in [-0.3, -0.25) is 5.43 Å². The number of hydrazone groups is 1. The van der Waals surface area contributed by atoms with E-state index in [9.17, 15) is 4.79 Å². The number of hydrogen-bond acceptors (Lipinski definition) is 4. The van der Waals surface area contributed by atoms with Gasteiger partial charge in [0.15, 0.2) is 0 Å². The van der Waals surface area contributed by atoms with Crippen LogP contribution in [-0.2, 0) is 6.61 Å². The maximum absolute atomic E-state index is 11.1. The molecular weight excluding hydrogens is 364 g/mol. The average molecular weight is 381 g/mol. The van der Waals surface area contributed by atoms with Crippen LogP contribution >= 0.6 is 11.6 Å². The lowest BCUT2D eigenvalue weighted by molar-refractivity contribution is 0.0697. The first-order chi connectivity index (χ1) is 13.1. The predicted molar refractivity (Wildman–Crippen MR) is 107 cm³/mol. The minimum Gasteiger partial charge on any atom is -0.489 e. The van der Waals surface area contributed by atoms with E-state index in [1.165, 1.54) is 12.1 Å². The second kappa shape index (κ2) is 8.87. The topological polar surface area (TPSA) is 70.9 Å². The first kappa shape index (κ1) is 18.5. The van der Waals surface area contributed by atoms with Crippen LogP contribution in [0.25, 0.3) is 0 Å². The number of halogens is 1. The molecule has 0 aliphatic heterocycles. The van der Waals surface area contributed by atoms with Gasteiger partial charge in [0.05, 0.1) is 22.5 Å². The maximum atomic E-state index is 11.1. The third kappa shape index (κ3) is 5.33. The van der Waals surface area contributed by atoms with Crippen molar-refractivity contribution in [2.75, 3.05) is 5.43 Å². The fraction of sp³-hybridized carbons (Fsp3) is 0.0476. The molecule has 6 heteroatoms. The minimum atomic E-state index is -1.08. The van der Waals surface area contributed by atoms with Crippen molar-refractivity contribution in [1.82, 2.24) is 0 Å². The standard InChI is InChI=1S/C21H17ClN2O3/c22-20-11-8-17(12-19(20)21(25)26)24-23-13-15-6-9-18(10-7-15)27-14-16-4-2-1-3-5-16/h1-13,24H,14H2,(H,25,26)/b23-13-. The van der Waals surface area contributed by atoms with E-state index in [0.717, 1.165) is 16.9 Å². The van der Waals surface area contributed by atoms with Crippen LogP contribution in [-0.4, -0.2) is 17.3 Å². The normalized spacial score (nSPS) is 10.7. The van der Waals surface area contributed by atoms with E-state index in [0.29, 0.717) is 12.3 Å². The Labute approximate surface area is 161 Å². The fourth-order valence-electron chi connectivity index (χ4n) is 2.33. The average Bonchev–Trinajstić information content (AvgIpc) is 2.69. The summed E-state index contributed by atoms with van der Waals surface area (Å²) in [7, 11) is 0. The van der Waals surface area contributed by atoms with E-state index in [1.54, 1.807) is 12.3 Å². The Kier molecular flexibility index (Phi) is 6.07. The first-order valence-corrected chi connectivity index (χ1v) is 8.58. The van der Waals surface area contributed by atoms with Crippen molar-refractivity contribution in [3.63, 3.8) is 0 Å². The monoisotopic (exact) mass is 380 g/mol. The quantitative estimate of drug-likeness (QED) is 0.443. The summed E-state index contributed by atoms with van der Waals surface area (Å²) in [6, 6.07) is 22.1. The summed E-state index contributed by atoms with van der Waals surface area (Å²) in [6.45, 7) is 0.512. The lowest BCUT2D eigenvalue weighted by atomic mass is 10.2. The summed E-state index contributed by atoms with van der Waals surface area (Å²) in [5, 5.41) is 13.4. The van der Waals surface area contributed by atoms with E-state index in [-0.39, 0.29) is 10.6 Å². The molecule has 0 radical (unpaired) electrons. The van der Waals surface area contributed by atoms with Crippen molar-refractivity contribution >= 4 is 29.5 Å². The van der Waals surface area contributed by atoms with E-state index >= 15 is 0 Å². The van der Waals surface area contributed by atoms with Crippen LogP contribution < -0.4 is 10.2 Å². The van der Waals surface area contributed by atoms with Crippen LogP contribution in [0.5, 0.6) is 5.75 Å². The second-order valence-electron chi connectivity index (χ2n) is 5.71. The number of rotatable bonds is 7. The number of hydrogen-bond donors (Lipinski definition) is 2. The van der Waals surface area contributed by atoms with Crippen molar-refractivity contribution in [3.8, 4) is 5.75 Å². The maximum Gasteiger partial charge on any atom is 0.337 e. The molecule has 0 atom stereocenters. The van der Waals surface area contributed by atoms with Gasteiger partial charge in [-0.1, -0.05) is 41.9 Å². The number of benzene rings is 3. The molecule has 0 heterocycles. The molecule has 3 rings (SSSR count). The Morgan fingerprint density at radius 1 is 1.07 bits per heavy atom. The van der Waals surface area contributed by atoms with E-state index in [4.69, 9.17) is 21.4 Å². The van der Waals surface area contributed by atoms with Crippen molar-refractivity contribution in [2.24, 2.45) is 5.10 Å². The highest BCUT2D eigenvalue weighted by atomic mass is 35.5. The largest absolute Gasteiger partial charge is 0.489 e. The molecule has 0 aromatic heterocycles. The molecule has 0 spiro atoms. The minimum absolute atomic E-state index is 0.0248. The van der Waals surface area contributed by atoms with Crippen LogP contribution in [0.3, 0.4) is 0 Å². The summed E-state index contributed by atoms with van der Waals surface area (Å²) in [5.41, 5.74) is 5.34.